The Hall–Kier alpha value is -2.17. The largest absolute Gasteiger partial charge is 0.415 e. The predicted octanol–water partition coefficient (Wildman–Crippen LogP) is 5.58. The zero-order valence-electron chi connectivity index (χ0n) is 11.7. The van der Waals surface area contributed by atoms with E-state index in [1.165, 1.54) is 5.56 Å². The van der Waals surface area contributed by atoms with Crippen molar-refractivity contribution in [3.8, 4) is 22.2 Å². The van der Waals surface area contributed by atoms with Crippen molar-refractivity contribution < 1.29 is 4.42 Å². The number of aromatic nitrogens is 2. The molecule has 0 unspecified atom stereocenters. The quantitative estimate of drug-likeness (QED) is 0.482. The van der Waals surface area contributed by atoms with Gasteiger partial charge in [0.2, 0.25) is 5.89 Å². The van der Waals surface area contributed by atoms with Crippen molar-refractivity contribution in [1.82, 2.24) is 10.2 Å². The molecule has 3 nitrogen and oxygen atoms in total. The zero-order valence-corrected chi connectivity index (χ0v) is 13.3. The second-order valence-corrected chi connectivity index (χ2v) is 6.45. The van der Waals surface area contributed by atoms with Crippen molar-refractivity contribution in [2.24, 2.45) is 0 Å². The summed E-state index contributed by atoms with van der Waals surface area (Å²) in [7, 11) is 0. The molecule has 2 aromatic heterocycles. The highest BCUT2D eigenvalue weighted by Crippen LogP contribution is 2.42. The Morgan fingerprint density at radius 1 is 1.00 bits per heavy atom. The number of halogens is 1. The third-order valence-electron chi connectivity index (χ3n) is 3.42. The van der Waals surface area contributed by atoms with E-state index in [4.69, 9.17) is 16.0 Å². The van der Waals surface area contributed by atoms with Crippen molar-refractivity contribution in [2.75, 3.05) is 0 Å². The van der Waals surface area contributed by atoms with Gasteiger partial charge < -0.3 is 4.42 Å². The van der Waals surface area contributed by atoms with Crippen LogP contribution < -0.4 is 0 Å². The van der Waals surface area contributed by atoms with Gasteiger partial charge in [-0.25, -0.2) is 0 Å². The molecule has 0 bridgehead atoms. The summed E-state index contributed by atoms with van der Waals surface area (Å²) < 4.78 is 6.92. The fourth-order valence-electron chi connectivity index (χ4n) is 2.32. The molecular formula is C17H11ClN2OS. The highest BCUT2D eigenvalue weighted by atomic mass is 35.5. The van der Waals surface area contributed by atoms with Crippen LogP contribution in [0.4, 0.5) is 0 Å². The number of hydrogen-bond acceptors (Lipinski definition) is 4. The van der Waals surface area contributed by atoms with Gasteiger partial charge in [0.15, 0.2) is 0 Å². The van der Waals surface area contributed by atoms with Crippen molar-refractivity contribution >= 4 is 33.0 Å². The molecule has 0 saturated heterocycles. The van der Waals surface area contributed by atoms with Gasteiger partial charge in [0.25, 0.3) is 5.89 Å². The molecule has 0 saturated carbocycles. The molecule has 2 heterocycles. The van der Waals surface area contributed by atoms with Gasteiger partial charge in [-0.15, -0.1) is 21.5 Å². The average molecular weight is 327 g/mol. The van der Waals surface area contributed by atoms with Crippen LogP contribution in [-0.2, 0) is 0 Å². The number of hydrogen-bond donors (Lipinski definition) is 0. The SMILES string of the molecule is Cc1ccc2c(Cl)c(-c3nnc(-c4ccccc4)o3)sc2c1. The number of fused-ring (bicyclic) bond motifs is 1. The Morgan fingerprint density at radius 2 is 1.77 bits per heavy atom. The minimum absolute atomic E-state index is 0.461. The first kappa shape index (κ1) is 13.5. The van der Waals surface area contributed by atoms with Crippen LogP contribution in [-0.4, -0.2) is 10.2 Å². The van der Waals surface area contributed by atoms with E-state index in [-0.39, 0.29) is 0 Å². The third-order valence-corrected chi connectivity index (χ3v) is 5.07. The van der Waals surface area contributed by atoms with E-state index in [1.54, 1.807) is 11.3 Å². The molecule has 0 aliphatic heterocycles. The lowest BCUT2D eigenvalue weighted by atomic mass is 10.2. The second kappa shape index (κ2) is 5.23. The Morgan fingerprint density at radius 3 is 2.59 bits per heavy atom. The average Bonchev–Trinajstić information content (AvgIpc) is 3.13. The smallest absolute Gasteiger partial charge is 0.259 e. The Labute approximate surface area is 136 Å². The van der Waals surface area contributed by atoms with Crippen LogP contribution in [0, 0.1) is 6.92 Å². The second-order valence-electron chi connectivity index (χ2n) is 5.02. The van der Waals surface area contributed by atoms with Crippen LogP contribution in [0.5, 0.6) is 0 Å². The van der Waals surface area contributed by atoms with Gasteiger partial charge in [0.1, 0.15) is 4.88 Å². The van der Waals surface area contributed by atoms with Crippen LogP contribution in [0.25, 0.3) is 32.3 Å². The van der Waals surface area contributed by atoms with E-state index in [0.717, 1.165) is 20.5 Å². The summed E-state index contributed by atoms with van der Waals surface area (Å²) in [5, 5.41) is 9.96. The van der Waals surface area contributed by atoms with Crippen LogP contribution in [0.15, 0.2) is 52.9 Å². The molecule has 4 rings (SSSR count). The van der Waals surface area contributed by atoms with Crippen molar-refractivity contribution in [3.05, 3.63) is 59.1 Å². The molecule has 0 spiro atoms. The Balaban J connectivity index is 1.83. The van der Waals surface area contributed by atoms with Gasteiger partial charge in [-0.05, 0) is 30.7 Å². The monoisotopic (exact) mass is 326 g/mol. The Kier molecular flexibility index (Phi) is 3.21. The maximum atomic E-state index is 6.48. The van der Waals surface area contributed by atoms with E-state index >= 15 is 0 Å². The molecule has 0 N–H and O–H groups in total. The van der Waals surface area contributed by atoms with Crippen LogP contribution in [0.1, 0.15) is 5.56 Å². The normalized spacial score (nSPS) is 11.2. The zero-order chi connectivity index (χ0) is 15.1. The minimum Gasteiger partial charge on any atom is -0.415 e. The summed E-state index contributed by atoms with van der Waals surface area (Å²) in [4.78, 5) is 0.817. The third kappa shape index (κ3) is 2.21. The van der Waals surface area contributed by atoms with Gasteiger partial charge in [0, 0.05) is 15.6 Å². The van der Waals surface area contributed by atoms with Gasteiger partial charge in [-0.1, -0.05) is 41.9 Å². The Bertz CT molecular complexity index is 959. The van der Waals surface area contributed by atoms with Crippen LogP contribution >= 0.6 is 22.9 Å². The first-order valence-electron chi connectivity index (χ1n) is 6.80. The molecule has 0 aliphatic carbocycles. The first-order chi connectivity index (χ1) is 10.7. The molecule has 0 aliphatic rings. The molecule has 0 amide bonds. The maximum absolute atomic E-state index is 6.48. The summed E-state index contributed by atoms with van der Waals surface area (Å²) in [5.41, 5.74) is 2.10. The lowest BCUT2D eigenvalue weighted by Gasteiger charge is -1.93. The van der Waals surface area contributed by atoms with E-state index in [2.05, 4.69) is 23.2 Å². The number of aryl methyl sites for hydroxylation is 1. The molecule has 4 aromatic rings. The number of benzene rings is 2. The number of rotatable bonds is 2. The highest BCUT2D eigenvalue weighted by Gasteiger charge is 2.18. The lowest BCUT2D eigenvalue weighted by Crippen LogP contribution is -1.75. The van der Waals surface area contributed by atoms with Crippen molar-refractivity contribution in [3.63, 3.8) is 0 Å². The van der Waals surface area contributed by atoms with E-state index in [1.807, 2.05) is 42.5 Å². The van der Waals surface area contributed by atoms with E-state index < -0.39 is 0 Å². The minimum atomic E-state index is 0.461. The van der Waals surface area contributed by atoms with Gasteiger partial charge in [-0.2, -0.15) is 0 Å². The fraction of sp³-hybridized carbons (Fsp3) is 0.0588. The summed E-state index contributed by atoms with van der Waals surface area (Å²) in [6, 6.07) is 15.9. The van der Waals surface area contributed by atoms with Crippen LogP contribution in [0.2, 0.25) is 5.02 Å². The maximum Gasteiger partial charge on any atom is 0.259 e. The standard InChI is InChI=1S/C17H11ClN2OS/c1-10-7-8-12-13(9-10)22-15(14(12)18)17-20-19-16(21-17)11-5-3-2-4-6-11/h2-9H,1H3. The van der Waals surface area contributed by atoms with Gasteiger partial charge in [-0.3, -0.25) is 0 Å². The lowest BCUT2D eigenvalue weighted by molar-refractivity contribution is 0.586. The van der Waals surface area contributed by atoms with Crippen molar-refractivity contribution in [1.29, 1.82) is 0 Å². The number of nitrogens with zero attached hydrogens (tertiary/aromatic N) is 2. The van der Waals surface area contributed by atoms with Crippen LogP contribution in [0.3, 0.4) is 0 Å². The summed E-state index contributed by atoms with van der Waals surface area (Å²) >= 11 is 8.05. The molecule has 0 fully saturated rings. The number of thiophene rings is 1. The first-order valence-corrected chi connectivity index (χ1v) is 8.00. The highest BCUT2D eigenvalue weighted by molar-refractivity contribution is 7.23. The molecule has 0 radical (unpaired) electrons. The summed E-state index contributed by atoms with van der Waals surface area (Å²) in [5.74, 6) is 0.961. The van der Waals surface area contributed by atoms with Crippen molar-refractivity contribution in [2.45, 2.75) is 6.92 Å². The molecule has 2 aromatic carbocycles. The van der Waals surface area contributed by atoms with E-state index in [9.17, 15) is 0 Å². The summed E-state index contributed by atoms with van der Waals surface area (Å²) in [6.07, 6.45) is 0. The topological polar surface area (TPSA) is 38.9 Å². The molecular weight excluding hydrogens is 316 g/mol. The molecule has 0 atom stereocenters. The predicted molar refractivity (Wildman–Crippen MR) is 90.3 cm³/mol. The molecule has 108 valence electrons. The fourth-order valence-corrected chi connectivity index (χ4v) is 3.85. The summed E-state index contributed by atoms with van der Waals surface area (Å²) in [6.45, 7) is 2.06. The molecule has 5 heteroatoms. The van der Waals surface area contributed by atoms with Gasteiger partial charge >= 0.3 is 0 Å². The van der Waals surface area contributed by atoms with Gasteiger partial charge in [0.05, 0.1) is 5.02 Å². The van der Waals surface area contributed by atoms with E-state index in [0.29, 0.717) is 16.8 Å². The molecule has 22 heavy (non-hydrogen) atoms.